The number of halogens is 1. The Labute approximate surface area is 116 Å². The molecular weight excluding hydrogens is 296 g/mol. The third-order valence-corrected chi connectivity index (χ3v) is 3.74. The average molecular weight is 315 g/mol. The van der Waals surface area contributed by atoms with Gasteiger partial charge in [-0.15, -0.1) is 0 Å². The molecule has 0 amide bonds. The predicted octanol–water partition coefficient (Wildman–Crippen LogP) is 1.54. The molecule has 100 valence electrons. The molecule has 0 spiro atoms. The topological polar surface area (TPSA) is 44.7 Å². The molecule has 18 heavy (non-hydrogen) atoms. The Morgan fingerprint density at radius 3 is 2.78 bits per heavy atom. The van der Waals surface area contributed by atoms with Gasteiger partial charge >= 0.3 is 0 Å². The number of benzene rings is 1. The van der Waals surface area contributed by atoms with Crippen LogP contribution in [0, 0.1) is 0 Å². The number of hydrogen-bond acceptors (Lipinski definition) is 4. The molecule has 1 aromatic carbocycles. The number of aliphatic hydroxyl groups is 1. The summed E-state index contributed by atoms with van der Waals surface area (Å²) in [6, 6.07) is 6.04. The van der Waals surface area contributed by atoms with Crippen molar-refractivity contribution in [3.05, 3.63) is 28.2 Å². The van der Waals surface area contributed by atoms with Crippen LogP contribution in [0.5, 0.6) is 0 Å². The number of aliphatic hydroxyl groups excluding tert-OH is 1. The van der Waals surface area contributed by atoms with Crippen LogP contribution in [0.25, 0.3) is 0 Å². The molecule has 5 heteroatoms. The number of likely N-dealkylation sites (N-methyl/N-ethyl adjacent to an activating group) is 1. The van der Waals surface area contributed by atoms with Crippen LogP contribution < -0.4 is 10.2 Å². The summed E-state index contributed by atoms with van der Waals surface area (Å²) in [6.45, 7) is 3.94. The Bertz CT molecular complexity index is 395. The lowest BCUT2D eigenvalue weighted by molar-refractivity contribution is 0.122. The Morgan fingerprint density at radius 2 is 2.17 bits per heavy atom. The molecule has 0 aromatic heterocycles. The summed E-state index contributed by atoms with van der Waals surface area (Å²) in [5.74, 6) is 0. The van der Waals surface area contributed by atoms with Crippen LogP contribution in [-0.2, 0) is 4.74 Å². The highest BCUT2D eigenvalue weighted by Gasteiger charge is 2.15. The SMILES string of the molecule is CNCC(O)c1ccc(N2CCOCC2)c(Br)c1. The predicted molar refractivity (Wildman–Crippen MR) is 76.1 cm³/mol. The number of morpholine rings is 1. The van der Waals surface area contributed by atoms with Crippen LogP contribution in [0.1, 0.15) is 11.7 Å². The van der Waals surface area contributed by atoms with Crippen LogP contribution in [-0.4, -0.2) is 45.0 Å². The van der Waals surface area contributed by atoms with Crippen LogP contribution >= 0.6 is 15.9 Å². The van der Waals surface area contributed by atoms with Gasteiger partial charge in [0.15, 0.2) is 0 Å². The van der Waals surface area contributed by atoms with Gasteiger partial charge in [-0.2, -0.15) is 0 Å². The summed E-state index contributed by atoms with van der Waals surface area (Å²) in [4.78, 5) is 2.29. The largest absolute Gasteiger partial charge is 0.387 e. The molecule has 0 radical (unpaired) electrons. The van der Waals surface area contributed by atoms with Gasteiger partial charge in [-0.25, -0.2) is 0 Å². The minimum Gasteiger partial charge on any atom is -0.387 e. The smallest absolute Gasteiger partial charge is 0.0914 e. The monoisotopic (exact) mass is 314 g/mol. The molecule has 4 nitrogen and oxygen atoms in total. The van der Waals surface area contributed by atoms with Gasteiger partial charge < -0.3 is 20.1 Å². The second-order valence-electron chi connectivity index (χ2n) is 4.38. The second-order valence-corrected chi connectivity index (χ2v) is 5.24. The van der Waals surface area contributed by atoms with Crippen LogP contribution in [0.3, 0.4) is 0 Å². The van der Waals surface area contributed by atoms with Crippen molar-refractivity contribution in [2.75, 3.05) is 44.8 Å². The fourth-order valence-electron chi connectivity index (χ4n) is 2.10. The Kier molecular flexibility index (Phi) is 5.00. The molecule has 1 fully saturated rings. The van der Waals surface area contributed by atoms with Crippen LogP contribution in [0.2, 0.25) is 0 Å². The van der Waals surface area contributed by atoms with Gasteiger partial charge in [-0.3, -0.25) is 0 Å². The summed E-state index contributed by atoms with van der Waals surface area (Å²) in [6.07, 6.45) is -0.468. The highest BCUT2D eigenvalue weighted by atomic mass is 79.9. The van der Waals surface area contributed by atoms with Gasteiger partial charge in [0.25, 0.3) is 0 Å². The van der Waals surface area contributed by atoms with Gasteiger partial charge in [-0.05, 0) is 40.7 Å². The van der Waals surface area contributed by atoms with E-state index in [9.17, 15) is 5.11 Å². The maximum Gasteiger partial charge on any atom is 0.0914 e. The summed E-state index contributed by atoms with van der Waals surface area (Å²) in [5, 5.41) is 12.9. The third-order valence-electron chi connectivity index (χ3n) is 3.11. The van der Waals surface area contributed by atoms with Gasteiger partial charge in [0, 0.05) is 24.1 Å². The Hall–Kier alpha value is -0.620. The summed E-state index contributed by atoms with van der Waals surface area (Å²) in [5.41, 5.74) is 2.09. The van der Waals surface area contributed by atoms with Crippen molar-refractivity contribution in [3.8, 4) is 0 Å². The first-order valence-electron chi connectivity index (χ1n) is 6.17. The molecule has 0 saturated carbocycles. The van der Waals surface area contributed by atoms with E-state index >= 15 is 0 Å². The zero-order valence-corrected chi connectivity index (χ0v) is 12.1. The van der Waals surface area contributed by atoms with Crippen molar-refractivity contribution >= 4 is 21.6 Å². The maximum absolute atomic E-state index is 9.93. The molecule has 2 N–H and O–H groups in total. The quantitative estimate of drug-likeness (QED) is 0.885. The average Bonchev–Trinajstić information content (AvgIpc) is 2.40. The number of hydrogen-bond donors (Lipinski definition) is 2. The van der Waals surface area contributed by atoms with E-state index in [1.165, 1.54) is 5.69 Å². The first kappa shape index (κ1) is 13.8. The van der Waals surface area contributed by atoms with Crippen molar-refractivity contribution in [2.45, 2.75) is 6.10 Å². The fraction of sp³-hybridized carbons (Fsp3) is 0.538. The van der Waals surface area contributed by atoms with Gasteiger partial charge in [0.05, 0.1) is 25.0 Å². The zero-order valence-electron chi connectivity index (χ0n) is 10.5. The van der Waals surface area contributed by atoms with E-state index in [2.05, 4.69) is 32.2 Å². The fourth-order valence-corrected chi connectivity index (χ4v) is 2.75. The molecule has 1 aromatic rings. The first-order valence-corrected chi connectivity index (χ1v) is 6.96. The van der Waals surface area contributed by atoms with E-state index in [0.29, 0.717) is 6.54 Å². The Morgan fingerprint density at radius 1 is 1.44 bits per heavy atom. The molecule has 1 saturated heterocycles. The van der Waals surface area contributed by atoms with Gasteiger partial charge in [0.2, 0.25) is 0 Å². The summed E-state index contributed by atoms with van der Waals surface area (Å²) >= 11 is 3.59. The molecule has 1 unspecified atom stereocenters. The number of anilines is 1. The van der Waals surface area contributed by atoms with E-state index in [1.54, 1.807) is 0 Å². The highest BCUT2D eigenvalue weighted by molar-refractivity contribution is 9.10. The molecule has 2 rings (SSSR count). The van der Waals surface area contributed by atoms with Gasteiger partial charge in [-0.1, -0.05) is 6.07 Å². The normalized spacial score (nSPS) is 17.8. The van der Waals surface area contributed by atoms with E-state index in [0.717, 1.165) is 36.3 Å². The molecule has 0 aliphatic carbocycles. The van der Waals surface area contributed by atoms with Gasteiger partial charge in [0.1, 0.15) is 0 Å². The van der Waals surface area contributed by atoms with E-state index < -0.39 is 6.10 Å². The van der Waals surface area contributed by atoms with E-state index in [1.807, 2.05) is 19.2 Å². The lowest BCUT2D eigenvalue weighted by Gasteiger charge is -2.30. The first-order chi connectivity index (χ1) is 8.72. The molecule has 1 aliphatic heterocycles. The van der Waals surface area contributed by atoms with Crippen molar-refractivity contribution in [1.29, 1.82) is 0 Å². The van der Waals surface area contributed by atoms with E-state index in [-0.39, 0.29) is 0 Å². The van der Waals surface area contributed by atoms with E-state index in [4.69, 9.17) is 4.74 Å². The summed E-state index contributed by atoms with van der Waals surface area (Å²) in [7, 11) is 1.83. The lowest BCUT2D eigenvalue weighted by atomic mass is 10.1. The number of nitrogens with zero attached hydrogens (tertiary/aromatic N) is 1. The van der Waals surface area contributed by atoms with Crippen molar-refractivity contribution in [3.63, 3.8) is 0 Å². The minimum absolute atomic E-state index is 0.468. The summed E-state index contributed by atoms with van der Waals surface area (Å²) < 4.78 is 6.37. The molecule has 1 atom stereocenters. The molecule has 1 heterocycles. The Balaban J connectivity index is 2.13. The van der Waals surface area contributed by atoms with Crippen LogP contribution in [0.4, 0.5) is 5.69 Å². The maximum atomic E-state index is 9.93. The standard InChI is InChI=1S/C13H19BrN2O2/c1-15-9-13(17)10-2-3-12(11(14)8-10)16-4-6-18-7-5-16/h2-3,8,13,15,17H,4-7,9H2,1H3. The molecular formula is C13H19BrN2O2. The third kappa shape index (κ3) is 3.23. The van der Waals surface area contributed by atoms with Crippen molar-refractivity contribution in [1.82, 2.24) is 5.32 Å². The van der Waals surface area contributed by atoms with Crippen LogP contribution in [0.15, 0.2) is 22.7 Å². The zero-order chi connectivity index (χ0) is 13.0. The van der Waals surface area contributed by atoms with Crippen molar-refractivity contribution in [2.24, 2.45) is 0 Å². The molecule has 0 bridgehead atoms. The molecule has 1 aliphatic rings. The highest BCUT2D eigenvalue weighted by Crippen LogP contribution is 2.29. The number of rotatable bonds is 4. The number of ether oxygens (including phenoxy) is 1. The number of nitrogens with one attached hydrogen (secondary N) is 1. The second kappa shape index (κ2) is 6.52. The lowest BCUT2D eigenvalue weighted by Crippen LogP contribution is -2.36. The minimum atomic E-state index is -0.468. The van der Waals surface area contributed by atoms with Crippen molar-refractivity contribution < 1.29 is 9.84 Å².